The van der Waals surface area contributed by atoms with Gasteiger partial charge in [-0.15, -0.1) is 12.4 Å². The van der Waals surface area contributed by atoms with Crippen LogP contribution >= 0.6 is 35.0 Å². The maximum atomic E-state index is 10.3. The average Bonchev–Trinajstić information content (AvgIpc) is 2.81. The zero-order valence-corrected chi connectivity index (χ0v) is 12.7. The highest BCUT2D eigenvalue weighted by Crippen LogP contribution is 2.33. The van der Waals surface area contributed by atoms with Gasteiger partial charge < -0.3 is 10.8 Å². The van der Waals surface area contributed by atoms with Crippen molar-refractivity contribution in [2.24, 2.45) is 11.7 Å². The number of hydrogen-bond acceptors (Lipinski definition) is 2. The molecule has 1 fully saturated rings. The molecule has 0 saturated heterocycles. The summed E-state index contributed by atoms with van der Waals surface area (Å²) in [5.74, 6) is 0.394. The second-order valence-electron chi connectivity index (χ2n) is 4.58. The van der Waals surface area contributed by atoms with Gasteiger partial charge in [0.15, 0.2) is 0 Å². The van der Waals surface area contributed by atoms with Gasteiger partial charge in [0, 0.05) is 3.57 Å². The van der Waals surface area contributed by atoms with Gasteiger partial charge in [-0.1, -0.05) is 31.0 Å². The Bertz CT molecular complexity index is 355. The molecule has 2 atom stereocenters. The molecule has 2 rings (SSSR count). The van der Waals surface area contributed by atoms with Crippen molar-refractivity contribution in [3.63, 3.8) is 0 Å². The minimum Gasteiger partial charge on any atom is -0.391 e. The summed E-state index contributed by atoms with van der Waals surface area (Å²) >= 11 is 2.28. The van der Waals surface area contributed by atoms with Gasteiger partial charge in [-0.3, -0.25) is 0 Å². The number of aliphatic hydroxyl groups is 1. The third-order valence-electron chi connectivity index (χ3n) is 3.52. The van der Waals surface area contributed by atoms with E-state index in [0.29, 0.717) is 5.92 Å². The van der Waals surface area contributed by atoms with E-state index in [1.165, 1.54) is 12.8 Å². The molecule has 2 nitrogen and oxygen atoms in total. The standard InChI is InChI=1S/C13H18INO.ClH/c14-11-8-4-3-7-10(11)12(15)13(16)9-5-1-2-6-9;/h3-4,7-9,12-13,16H,1-2,5-6,15H2;1H/t12-,13+;/m0./s1. The van der Waals surface area contributed by atoms with Crippen molar-refractivity contribution in [1.82, 2.24) is 0 Å². The van der Waals surface area contributed by atoms with Crippen molar-refractivity contribution in [3.8, 4) is 0 Å². The van der Waals surface area contributed by atoms with Crippen molar-refractivity contribution >= 4 is 35.0 Å². The first-order valence-electron chi connectivity index (χ1n) is 5.88. The van der Waals surface area contributed by atoms with Gasteiger partial charge in [-0.25, -0.2) is 0 Å². The molecule has 0 radical (unpaired) electrons. The summed E-state index contributed by atoms with van der Waals surface area (Å²) in [4.78, 5) is 0. The summed E-state index contributed by atoms with van der Waals surface area (Å²) < 4.78 is 1.14. The molecule has 1 aromatic rings. The lowest BCUT2D eigenvalue weighted by Crippen LogP contribution is -2.32. The molecule has 1 aliphatic carbocycles. The summed E-state index contributed by atoms with van der Waals surface area (Å²) in [6.45, 7) is 0. The Morgan fingerprint density at radius 2 is 1.82 bits per heavy atom. The molecular weight excluding hydrogens is 349 g/mol. The third-order valence-corrected chi connectivity index (χ3v) is 4.50. The van der Waals surface area contributed by atoms with Gasteiger partial charge >= 0.3 is 0 Å². The van der Waals surface area contributed by atoms with Gasteiger partial charge in [0.05, 0.1) is 12.1 Å². The molecular formula is C13H19ClINO. The van der Waals surface area contributed by atoms with Gasteiger partial charge in [-0.05, 0) is 53.0 Å². The van der Waals surface area contributed by atoms with Crippen molar-refractivity contribution < 1.29 is 5.11 Å². The monoisotopic (exact) mass is 367 g/mol. The Hall–Kier alpha value is 0.160. The summed E-state index contributed by atoms with van der Waals surface area (Å²) in [7, 11) is 0. The van der Waals surface area contributed by atoms with E-state index in [2.05, 4.69) is 22.6 Å². The van der Waals surface area contributed by atoms with Gasteiger partial charge in [0.2, 0.25) is 0 Å². The quantitative estimate of drug-likeness (QED) is 0.806. The van der Waals surface area contributed by atoms with Crippen LogP contribution < -0.4 is 5.73 Å². The first kappa shape index (κ1) is 15.2. The van der Waals surface area contributed by atoms with Crippen LogP contribution in [0.1, 0.15) is 37.3 Å². The molecule has 1 aliphatic rings. The van der Waals surface area contributed by atoms with Crippen LogP contribution in [0.15, 0.2) is 24.3 Å². The lowest BCUT2D eigenvalue weighted by Gasteiger charge is -2.25. The summed E-state index contributed by atoms with van der Waals surface area (Å²) in [6.07, 6.45) is 4.33. The number of aliphatic hydroxyl groups excluding tert-OH is 1. The second kappa shape index (κ2) is 6.92. The molecule has 0 heterocycles. The van der Waals surface area contributed by atoms with Crippen LogP contribution in [0.4, 0.5) is 0 Å². The van der Waals surface area contributed by atoms with Crippen LogP contribution in [-0.4, -0.2) is 11.2 Å². The Morgan fingerprint density at radius 1 is 1.24 bits per heavy atom. The zero-order valence-electron chi connectivity index (χ0n) is 9.68. The van der Waals surface area contributed by atoms with Crippen LogP contribution in [0.5, 0.6) is 0 Å². The molecule has 1 aromatic carbocycles. The number of hydrogen-bond donors (Lipinski definition) is 2. The molecule has 3 N–H and O–H groups in total. The van der Waals surface area contributed by atoms with Gasteiger partial charge in [0.25, 0.3) is 0 Å². The number of benzene rings is 1. The largest absolute Gasteiger partial charge is 0.391 e. The first-order valence-corrected chi connectivity index (χ1v) is 6.96. The van der Waals surface area contributed by atoms with Crippen molar-refractivity contribution in [1.29, 1.82) is 0 Å². The highest BCUT2D eigenvalue weighted by molar-refractivity contribution is 14.1. The summed E-state index contributed by atoms with van der Waals surface area (Å²) in [5, 5.41) is 10.3. The fraction of sp³-hybridized carbons (Fsp3) is 0.538. The van der Waals surface area contributed by atoms with E-state index in [9.17, 15) is 5.11 Å². The molecule has 0 spiro atoms. The lowest BCUT2D eigenvalue weighted by atomic mass is 9.91. The smallest absolute Gasteiger partial charge is 0.0761 e. The van der Waals surface area contributed by atoms with Gasteiger partial charge in [-0.2, -0.15) is 0 Å². The molecule has 0 aliphatic heterocycles. The molecule has 0 bridgehead atoms. The predicted molar refractivity (Wildman–Crippen MR) is 81.3 cm³/mol. The highest BCUT2D eigenvalue weighted by Gasteiger charge is 2.29. The molecule has 0 aromatic heterocycles. The molecule has 17 heavy (non-hydrogen) atoms. The molecule has 0 amide bonds. The number of nitrogens with two attached hydrogens (primary N) is 1. The van der Waals surface area contributed by atoms with Crippen LogP contribution in [0.3, 0.4) is 0 Å². The number of halogens is 2. The Kier molecular flexibility index (Phi) is 6.20. The van der Waals surface area contributed by atoms with Gasteiger partial charge in [0.1, 0.15) is 0 Å². The Labute approximate surface area is 123 Å². The average molecular weight is 368 g/mol. The first-order chi connectivity index (χ1) is 7.70. The normalized spacial score (nSPS) is 19.7. The zero-order chi connectivity index (χ0) is 11.5. The van der Waals surface area contributed by atoms with Crippen LogP contribution in [0.25, 0.3) is 0 Å². The Morgan fingerprint density at radius 3 is 2.41 bits per heavy atom. The number of rotatable bonds is 3. The maximum absolute atomic E-state index is 10.3. The minimum atomic E-state index is -0.390. The van der Waals surface area contributed by atoms with Crippen LogP contribution in [-0.2, 0) is 0 Å². The summed E-state index contributed by atoms with van der Waals surface area (Å²) in [6, 6.07) is 7.80. The molecule has 1 saturated carbocycles. The van der Waals surface area contributed by atoms with E-state index in [1.54, 1.807) is 0 Å². The van der Waals surface area contributed by atoms with E-state index in [-0.39, 0.29) is 18.4 Å². The van der Waals surface area contributed by atoms with E-state index < -0.39 is 6.10 Å². The van der Waals surface area contributed by atoms with Crippen LogP contribution in [0.2, 0.25) is 0 Å². The van der Waals surface area contributed by atoms with E-state index >= 15 is 0 Å². The highest BCUT2D eigenvalue weighted by atomic mass is 127. The minimum absolute atomic E-state index is 0. The fourth-order valence-electron chi connectivity index (χ4n) is 2.52. The van der Waals surface area contributed by atoms with Crippen molar-refractivity contribution in [3.05, 3.63) is 33.4 Å². The van der Waals surface area contributed by atoms with E-state index in [4.69, 9.17) is 5.73 Å². The summed E-state index contributed by atoms with van der Waals surface area (Å²) in [5.41, 5.74) is 7.24. The lowest BCUT2D eigenvalue weighted by molar-refractivity contribution is 0.0842. The van der Waals surface area contributed by atoms with Crippen molar-refractivity contribution in [2.45, 2.75) is 37.8 Å². The second-order valence-corrected chi connectivity index (χ2v) is 5.74. The Balaban J connectivity index is 0.00000144. The third kappa shape index (κ3) is 3.56. The van der Waals surface area contributed by atoms with E-state index in [0.717, 1.165) is 22.0 Å². The molecule has 0 unspecified atom stereocenters. The predicted octanol–water partition coefficient (Wildman–Crippen LogP) is 3.26. The fourth-order valence-corrected chi connectivity index (χ4v) is 3.27. The molecule has 96 valence electrons. The molecule has 4 heteroatoms. The SMILES string of the molecule is Cl.N[C@@H](c1ccccc1I)[C@H](O)C1CCCC1. The topological polar surface area (TPSA) is 46.2 Å². The van der Waals surface area contributed by atoms with Crippen molar-refractivity contribution in [2.75, 3.05) is 0 Å². The maximum Gasteiger partial charge on any atom is 0.0761 e. The van der Waals surface area contributed by atoms with E-state index in [1.807, 2.05) is 24.3 Å². The van der Waals surface area contributed by atoms with Crippen LogP contribution in [0, 0.1) is 9.49 Å².